The molecule has 2 nitrogen and oxygen atoms in total. The first-order valence-corrected chi connectivity index (χ1v) is 7.73. The van der Waals surface area contributed by atoms with Gasteiger partial charge in [-0.1, -0.05) is 42.8 Å². The number of hydrogen-bond donors (Lipinski definition) is 1. The van der Waals surface area contributed by atoms with Crippen LogP contribution < -0.4 is 10.2 Å². The van der Waals surface area contributed by atoms with Crippen molar-refractivity contribution in [2.75, 3.05) is 18.5 Å². The molecule has 0 aliphatic rings. The lowest BCUT2D eigenvalue weighted by Gasteiger charge is -2.22. The van der Waals surface area contributed by atoms with E-state index in [2.05, 4.69) is 55.4 Å². The average Bonchev–Trinajstić information content (AvgIpc) is 2.45. The maximum absolute atomic E-state index is 6.05. The minimum Gasteiger partial charge on any atom is -0.370 e. The lowest BCUT2D eigenvalue weighted by atomic mass is 10.1. The highest BCUT2D eigenvalue weighted by molar-refractivity contribution is 6.30. The quantitative estimate of drug-likeness (QED) is 0.851. The molecule has 0 amide bonds. The summed E-state index contributed by atoms with van der Waals surface area (Å²) in [5.74, 6) is 0. The molecule has 0 fully saturated rings. The van der Waals surface area contributed by atoms with Crippen molar-refractivity contribution >= 4 is 17.3 Å². The molecule has 1 N–H and O–H groups in total. The van der Waals surface area contributed by atoms with Crippen molar-refractivity contribution in [3.63, 3.8) is 0 Å². The van der Waals surface area contributed by atoms with Crippen LogP contribution in [-0.2, 0) is 13.1 Å². The monoisotopic (exact) mass is 302 g/mol. The van der Waals surface area contributed by atoms with Gasteiger partial charge in [-0.25, -0.2) is 0 Å². The van der Waals surface area contributed by atoms with E-state index in [1.54, 1.807) is 0 Å². The smallest absolute Gasteiger partial charge is 0.0426 e. The Balaban J connectivity index is 2.10. The largest absolute Gasteiger partial charge is 0.370 e. The molecule has 3 heteroatoms. The minimum absolute atomic E-state index is 0.790. The minimum atomic E-state index is 0.790. The molecule has 21 heavy (non-hydrogen) atoms. The highest BCUT2D eigenvalue weighted by atomic mass is 35.5. The summed E-state index contributed by atoms with van der Waals surface area (Å²) in [4.78, 5) is 2.26. The Hall–Kier alpha value is -1.51. The number of aryl methyl sites for hydroxylation is 1. The van der Waals surface area contributed by atoms with Crippen LogP contribution in [0.2, 0.25) is 5.02 Å². The Morgan fingerprint density at radius 1 is 1.10 bits per heavy atom. The normalized spacial score (nSPS) is 10.7. The van der Waals surface area contributed by atoms with Crippen molar-refractivity contribution in [1.29, 1.82) is 0 Å². The number of rotatable bonds is 6. The maximum atomic E-state index is 6.05. The fourth-order valence-electron chi connectivity index (χ4n) is 2.52. The molecule has 0 radical (unpaired) electrons. The molecule has 2 aromatic rings. The van der Waals surface area contributed by atoms with Gasteiger partial charge in [0.05, 0.1) is 0 Å². The number of benzene rings is 2. The SMILES string of the molecule is CCNCc1ccc(N(C)Cc2cccc(Cl)c2)c(C)c1. The summed E-state index contributed by atoms with van der Waals surface area (Å²) in [5.41, 5.74) is 5.11. The number of nitrogens with zero attached hydrogens (tertiary/aromatic N) is 1. The summed E-state index contributed by atoms with van der Waals surface area (Å²) in [5, 5.41) is 4.15. The molecule has 0 aliphatic carbocycles. The van der Waals surface area contributed by atoms with Gasteiger partial charge in [-0.3, -0.25) is 0 Å². The third-order valence-electron chi connectivity index (χ3n) is 3.56. The number of anilines is 1. The molecule has 0 aliphatic heterocycles. The molecule has 2 rings (SSSR count). The second kappa shape index (κ2) is 7.48. The Morgan fingerprint density at radius 2 is 1.90 bits per heavy atom. The topological polar surface area (TPSA) is 15.3 Å². The van der Waals surface area contributed by atoms with Gasteiger partial charge in [0.25, 0.3) is 0 Å². The molecule has 0 saturated carbocycles. The second-order valence-electron chi connectivity index (χ2n) is 5.39. The molecule has 0 bridgehead atoms. The van der Waals surface area contributed by atoms with Crippen molar-refractivity contribution in [3.8, 4) is 0 Å². The fraction of sp³-hybridized carbons (Fsp3) is 0.333. The van der Waals surface area contributed by atoms with Gasteiger partial charge in [0.1, 0.15) is 0 Å². The van der Waals surface area contributed by atoms with E-state index in [9.17, 15) is 0 Å². The van der Waals surface area contributed by atoms with Crippen molar-refractivity contribution in [2.45, 2.75) is 26.9 Å². The van der Waals surface area contributed by atoms with Crippen LogP contribution in [0, 0.1) is 6.92 Å². The number of halogens is 1. The molecule has 0 spiro atoms. The van der Waals surface area contributed by atoms with Crippen LogP contribution in [0.25, 0.3) is 0 Å². The van der Waals surface area contributed by atoms with Gasteiger partial charge in [0, 0.05) is 30.8 Å². The van der Waals surface area contributed by atoms with Crippen LogP contribution in [-0.4, -0.2) is 13.6 Å². The van der Waals surface area contributed by atoms with Crippen LogP contribution in [0.3, 0.4) is 0 Å². The summed E-state index contributed by atoms with van der Waals surface area (Å²) in [6.07, 6.45) is 0. The fourth-order valence-corrected chi connectivity index (χ4v) is 2.73. The van der Waals surface area contributed by atoms with Gasteiger partial charge < -0.3 is 10.2 Å². The number of hydrogen-bond acceptors (Lipinski definition) is 2. The summed E-state index contributed by atoms with van der Waals surface area (Å²) in [7, 11) is 2.12. The Morgan fingerprint density at radius 3 is 2.57 bits per heavy atom. The second-order valence-corrected chi connectivity index (χ2v) is 5.82. The Kier molecular flexibility index (Phi) is 5.66. The molecule has 0 heterocycles. The molecule has 0 aromatic heterocycles. The van der Waals surface area contributed by atoms with E-state index in [4.69, 9.17) is 11.6 Å². The first kappa shape index (κ1) is 15.9. The molecule has 2 aromatic carbocycles. The van der Waals surface area contributed by atoms with Crippen LogP contribution in [0.4, 0.5) is 5.69 Å². The zero-order valence-corrected chi connectivity index (χ0v) is 13.7. The maximum Gasteiger partial charge on any atom is 0.0426 e. The standard InChI is InChI=1S/C18H23ClN2/c1-4-20-12-15-8-9-18(14(2)10-15)21(3)13-16-6-5-7-17(19)11-16/h5-11,20H,4,12-13H2,1-3H3. The summed E-state index contributed by atoms with van der Waals surface area (Å²) in [6, 6.07) is 14.7. The van der Waals surface area contributed by atoms with E-state index in [-0.39, 0.29) is 0 Å². The zero-order valence-electron chi connectivity index (χ0n) is 13.0. The Bertz CT molecular complexity index is 596. The van der Waals surface area contributed by atoms with E-state index >= 15 is 0 Å². The van der Waals surface area contributed by atoms with E-state index in [1.165, 1.54) is 22.4 Å². The molecule has 0 unspecified atom stereocenters. The van der Waals surface area contributed by atoms with Crippen LogP contribution in [0.1, 0.15) is 23.6 Å². The summed E-state index contributed by atoms with van der Waals surface area (Å²) >= 11 is 6.05. The van der Waals surface area contributed by atoms with E-state index in [1.807, 2.05) is 18.2 Å². The predicted molar refractivity (Wildman–Crippen MR) is 92.1 cm³/mol. The van der Waals surface area contributed by atoms with Crippen molar-refractivity contribution in [3.05, 3.63) is 64.2 Å². The van der Waals surface area contributed by atoms with Gasteiger partial charge >= 0.3 is 0 Å². The highest BCUT2D eigenvalue weighted by Crippen LogP contribution is 2.22. The first-order valence-electron chi connectivity index (χ1n) is 7.36. The van der Waals surface area contributed by atoms with E-state index in [0.717, 1.165) is 24.7 Å². The predicted octanol–water partition coefficient (Wildman–Crippen LogP) is 4.39. The van der Waals surface area contributed by atoms with Gasteiger partial charge in [-0.15, -0.1) is 0 Å². The van der Waals surface area contributed by atoms with Gasteiger partial charge in [-0.05, 0) is 48.4 Å². The average molecular weight is 303 g/mol. The highest BCUT2D eigenvalue weighted by Gasteiger charge is 2.06. The molecule has 0 atom stereocenters. The van der Waals surface area contributed by atoms with Crippen molar-refractivity contribution < 1.29 is 0 Å². The zero-order chi connectivity index (χ0) is 15.2. The Labute approximate surface area is 132 Å². The van der Waals surface area contributed by atoms with Crippen LogP contribution in [0.15, 0.2) is 42.5 Å². The third-order valence-corrected chi connectivity index (χ3v) is 3.80. The third kappa shape index (κ3) is 4.48. The van der Waals surface area contributed by atoms with Gasteiger partial charge in [-0.2, -0.15) is 0 Å². The summed E-state index contributed by atoms with van der Waals surface area (Å²) in [6.45, 7) is 7.07. The lowest BCUT2D eigenvalue weighted by Crippen LogP contribution is -2.18. The lowest BCUT2D eigenvalue weighted by molar-refractivity contribution is 0.726. The van der Waals surface area contributed by atoms with E-state index < -0.39 is 0 Å². The summed E-state index contributed by atoms with van der Waals surface area (Å²) < 4.78 is 0. The molecule has 112 valence electrons. The van der Waals surface area contributed by atoms with Crippen LogP contribution >= 0.6 is 11.6 Å². The molecular formula is C18H23ClN2. The van der Waals surface area contributed by atoms with E-state index in [0.29, 0.717) is 0 Å². The number of nitrogens with one attached hydrogen (secondary N) is 1. The van der Waals surface area contributed by atoms with Crippen molar-refractivity contribution in [1.82, 2.24) is 5.32 Å². The van der Waals surface area contributed by atoms with Crippen molar-refractivity contribution in [2.24, 2.45) is 0 Å². The van der Waals surface area contributed by atoms with Gasteiger partial charge in [0.15, 0.2) is 0 Å². The molecular weight excluding hydrogens is 280 g/mol. The van der Waals surface area contributed by atoms with Crippen LogP contribution in [0.5, 0.6) is 0 Å². The molecule has 0 saturated heterocycles. The van der Waals surface area contributed by atoms with Gasteiger partial charge in [0.2, 0.25) is 0 Å². The first-order chi connectivity index (χ1) is 10.1.